The van der Waals surface area contributed by atoms with E-state index in [0.717, 1.165) is 25.2 Å². The predicted octanol–water partition coefficient (Wildman–Crippen LogP) is -1.05. The van der Waals surface area contributed by atoms with E-state index in [-0.39, 0.29) is 11.6 Å². The molecule has 7 heteroatoms. The van der Waals surface area contributed by atoms with Crippen LogP contribution in [0.15, 0.2) is 17.2 Å². The SMILES string of the molecule is NC1CCN(Cc2cc(=O)n3[nH]cnc3n2)C1. The fraction of sp³-hybridized carbons (Fsp3) is 0.500. The summed E-state index contributed by atoms with van der Waals surface area (Å²) >= 11 is 0. The normalized spacial score (nSPS) is 21.4. The maximum Gasteiger partial charge on any atom is 0.274 e. The molecule has 0 bridgehead atoms. The van der Waals surface area contributed by atoms with Crippen molar-refractivity contribution in [2.75, 3.05) is 13.1 Å². The minimum absolute atomic E-state index is 0.133. The maximum absolute atomic E-state index is 11.7. The molecule has 1 atom stereocenters. The van der Waals surface area contributed by atoms with E-state index >= 15 is 0 Å². The van der Waals surface area contributed by atoms with E-state index in [1.165, 1.54) is 16.9 Å². The molecule has 2 aromatic heterocycles. The molecule has 90 valence electrons. The molecule has 17 heavy (non-hydrogen) atoms. The molecular formula is C10H14N6O. The summed E-state index contributed by atoms with van der Waals surface area (Å²) in [6.45, 7) is 2.48. The first-order valence-electron chi connectivity index (χ1n) is 5.62. The van der Waals surface area contributed by atoms with Crippen LogP contribution in [0, 0.1) is 0 Å². The van der Waals surface area contributed by atoms with Crippen LogP contribution in [0.3, 0.4) is 0 Å². The van der Waals surface area contributed by atoms with Crippen molar-refractivity contribution >= 4 is 5.78 Å². The van der Waals surface area contributed by atoms with E-state index in [1.54, 1.807) is 0 Å². The lowest BCUT2D eigenvalue weighted by Gasteiger charge is -2.13. The molecule has 3 heterocycles. The number of H-pyrrole nitrogens is 1. The number of hydrogen-bond acceptors (Lipinski definition) is 5. The molecular weight excluding hydrogens is 220 g/mol. The van der Waals surface area contributed by atoms with Gasteiger partial charge >= 0.3 is 0 Å². The van der Waals surface area contributed by atoms with E-state index in [9.17, 15) is 4.79 Å². The molecule has 1 fully saturated rings. The highest BCUT2D eigenvalue weighted by molar-refractivity contribution is 5.25. The highest BCUT2D eigenvalue weighted by Crippen LogP contribution is 2.10. The molecule has 3 rings (SSSR count). The number of nitrogens with one attached hydrogen (secondary N) is 1. The van der Waals surface area contributed by atoms with Crippen LogP contribution < -0.4 is 11.3 Å². The Morgan fingerprint density at radius 3 is 3.24 bits per heavy atom. The Morgan fingerprint density at radius 1 is 1.59 bits per heavy atom. The summed E-state index contributed by atoms with van der Waals surface area (Å²) in [4.78, 5) is 22.2. The molecule has 0 saturated carbocycles. The van der Waals surface area contributed by atoms with E-state index < -0.39 is 0 Å². The van der Waals surface area contributed by atoms with Gasteiger partial charge in [-0.05, 0) is 6.42 Å². The smallest absolute Gasteiger partial charge is 0.274 e. The Hall–Kier alpha value is -1.73. The third kappa shape index (κ3) is 1.94. The fourth-order valence-corrected chi connectivity index (χ4v) is 2.18. The van der Waals surface area contributed by atoms with E-state index in [1.807, 2.05) is 0 Å². The van der Waals surface area contributed by atoms with Gasteiger partial charge in [0.1, 0.15) is 6.33 Å². The number of hydrogen-bond donors (Lipinski definition) is 2. The van der Waals surface area contributed by atoms with Gasteiger partial charge in [0.15, 0.2) is 0 Å². The van der Waals surface area contributed by atoms with Crippen molar-refractivity contribution in [1.82, 2.24) is 24.5 Å². The van der Waals surface area contributed by atoms with Gasteiger partial charge in [0.2, 0.25) is 0 Å². The van der Waals surface area contributed by atoms with Crippen LogP contribution in [0.1, 0.15) is 12.1 Å². The zero-order chi connectivity index (χ0) is 11.8. The maximum atomic E-state index is 11.7. The van der Waals surface area contributed by atoms with Gasteiger partial charge in [-0.15, -0.1) is 0 Å². The van der Waals surface area contributed by atoms with Crippen LogP contribution in [0.4, 0.5) is 0 Å². The van der Waals surface area contributed by atoms with Crippen molar-refractivity contribution in [3.05, 3.63) is 28.4 Å². The van der Waals surface area contributed by atoms with E-state index in [4.69, 9.17) is 5.73 Å². The average Bonchev–Trinajstić information content (AvgIpc) is 2.87. The highest BCUT2D eigenvalue weighted by atomic mass is 16.1. The van der Waals surface area contributed by atoms with Gasteiger partial charge < -0.3 is 5.73 Å². The standard InChI is InChI=1S/C10H14N6O/c11-7-1-2-15(4-7)5-8-3-9(17)16-10(14-8)12-6-13-16/h3,6-7H,1-2,4-5,11H2,(H,12,13,14). The second kappa shape index (κ2) is 3.94. The lowest BCUT2D eigenvalue weighted by atomic mass is 10.3. The van der Waals surface area contributed by atoms with Crippen molar-refractivity contribution in [3.63, 3.8) is 0 Å². The van der Waals surface area contributed by atoms with Crippen molar-refractivity contribution < 1.29 is 0 Å². The molecule has 1 aliphatic rings. The fourth-order valence-electron chi connectivity index (χ4n) is 2.18. The summed E-state index contributed by atoms with van der Waals surface area (Å²) in [5, 5.41) is 2.71. The molecule has 0 amide bonds. The molecule has 0 aromatic carbocycles. The van der Waals surface area contributed by atoms with Crippen molar-refractivity contribution in [2.45, 2.75) is 19.0 Å². The molecule has 7 nitrogen and oxygen atoms in total. The second-order valence-corrected chi connectivity index (χ2v) is 4.39. The number of likely N-dealkylation sites (tertiary alicyclic amines) is 1. The zero-order valence-electron chi connectivity index (χ0n) is 9.33. The van der Waals surface area contributed by atoms with Crippen LogP contribution in [-0.4, -0.2) is 43.6 Å². The third-order valence-electron chi connectivity index (χ3n) is 3.02. The largest absolute Gasteiger partial charge is 0.326 e. The second-order valence-electron chi connectivity index (χ2n) is 4.39. The van der Waals surface area contributed by atoms with Gasteiger partial charge in [0, 0.05) is 31.7 Å². The van der Waals surface area contributed by atoms with Crippen molar-refractivity contribution in [2.24, 2.45) is 5.73 Å². The van der Waals surface area contributed by atoms with Gasteiger partial charge in [-0.1, -0.05) is 0 Å². The number of fused-ring (bicyclic) bond motifs is 1. The average molecular weight is 234 g/mol. The highest BCUT2D eigenvalue weighted by Gasteiger charge is 2.19. The monoisotopic (exact) mass is 234 g/mol. The van der Waals surface area contributed by atoms with Crippen LogP contribution in [0.2, 0.25) is 0 Å². The summed E-state index contributed by atoms with van der Waals surface area (Å²) in [6, 6.07) is 1.78. The van der Waals surface area contributed by atoms with Gasteiger partial charge in [0.25, 0.3) is 11.3 Å². The first-order valence-corrected chi connectivity index (χ1v) is 5.62. The predicted molar refractivity (Wildman–Crippen MR) is 61.5 cm³/mol. The lowest BCUT2D eigenvalue weighted by Crippen LogP contribution is -2.27. The minimum atomic E-state index is -0.133. The van der Waals surface area contributed by atoms with Gasteiger partial charge in [-0.25, -0.2) is 9.97 Å². The number of rotatable bonds is 2. The first-order chi connectivity index (χ1) is 8.22. The van der Waals surface area contributed by atoms with Crippen molar-refractivity contribution in [3.8, 4) is 0 Å². The summed E-state index contributed by atoms with van der Waals surface area (Å²) in [5.41, 5.74) is 6.45. The quantitative estimate of drug-likeness (QED) is 0.691. The molecule has 0 aliphatic carbocycles. The van der Waals surface area contributed by atoms with Crippen LogP contribution in [0.5, 0.6) is 0 Å². The Kier molecular flexibility index (Phi) is 2.41. The number of aromatic nitrogens is 4. The van der Waals surface area contributed by atoms with Gasteiger partial charge in [-0.2, -0.15) is 4.52 Å². The third-order valence-corrected chi connectivity index (χ3v) is 3.02. The van der Waals surface area contributed by atoms with Gasteiger partial charge in [-0.3, -0.25) is 14.8 Å². The Morgan fingerprint density at radius 2 is 2.47 bits per heavy atom. The Balaban J connectivity index is 1.88. The topological polar surface area (TPSA) is 92.3 Å². The van der Waals surface area contributed by atoms with Crippen LogP contribution >= 0.6 is 0 Å². The lowest BCUT2D eigenvalue weighted by molar-refractivity contribution is 0.322. The molecule has 3 N–H and O–H groups in total. The molecule has 0 spiro atoms. The first kappa shape index (κ1) is 10.4. The van der Waals surface area contributed by atoms with Crippen LogP contribution in [0.25, 0.3) is 5.78 Å². The molecule has 1 unspecified atom stereocenters. The minimum Gasteiger partial charge on any atom is -0.326 e. The number of aromatic amines is 1. The molecule has 1 saturated heterocycles. The zero-order valence-corrected chi connectivity index (χ0v) is 9.33. The number of nitrogens with zero attached hydrogens (tertiary/aromatic N) is 4. The van der Waals surface area contributed by atoms with E-state index in [0.29, 0.717) is 12.3 Å². The van der Waals surface area contributed by atoms with Crippen LogP contribution in [-0.2, 0) is 6.54 Å². The summed E-state index contributed by atoms with van der Waals surface area (Å²) in [5.74, 6) is 0.413. The Labute approximate surface area is 97.3 Å². The van der Waals surface area contributed by atoms with E-state index in [2.05, 4.69) is 20.0 Å². The molecule has 1 aliphatic heterocycles. The Bertz CT molecular complexity index is 588. The molecule has 2 aromatic rings. The summed E-state index contributed by atoms with van der Waals surface area (Å²) in [7, 11) is 0. The van der Waals surface area contributed by atoms with Gasteiger partial charge in [0.05, 0.1) is 5.69 Å². The summed E-state index contributed by atoms with van der Waals surface area (Å²) in [6.07, 6.45) is 2.46. The van der Waals surface area contributed by atoms with Crippen molar-refractivity contribution in [1.29, 1.82) is 0 Å². The molecule has 0 radical (unpaired) electrons. The summed E-state index contributed by atoms with van der Waals surface area (Å²) < 4.78 is 1.32. The number of nitrogens with two attached hydrogens (primary N) is 1.